The fourth-order valence-electron chi connectivity index (χ4n) is 3.47. The minimum atomic E-state index is 0.0904. The van der Waals surface area contributed by atoms with Crippen molar-refractivity contribution in [3.63, 3.8) is 0 Å². The SMILES string of the molecule is COc1cccc(C(C)N2CCN(C(=O)c3cnc(-c4ccsc4)s3)CC2)c1. The minimum absolute atomic E-state index is 0.0904. The number of thiophene rings is 1. The van der Waals surface area contributed by atoms with Gasteiger partial charge in [-0.25, -0.2) is 4.98 Å². The van der Waals surface area contributed by atoms with Crippen molar-refractivity contribution >= 4 is 28.6 Å². The third-order valence-electron chi connectivity index (χ3n) is 5.21. The van der Waals surface area contributed by atoms with E-state index in [1.807, 2.05) is 28.5 Å². The molecule has 28 heavy (non-hydrogen) atoms. The van der Waals surface area contributed by atoms with Crippen molar-refractivity contribution < 1.29 is 9.53 Å². The second-order valence-electron chi connectivity index (χ2n) is 6.82. The van der Waals surface area contributed by atoms with Gasteiger partial charge in [-0.3, -0.25) is 9.69 Å². The van der Waals surface area contributed by atoms with E-state index in [0.717, 1.165) is 47.4 Å². The lowest BCUT2D eigenvalue weighted by Gasteiger charge is -2.38. The van der Waals surface area contributed by atoms with E-state index in [9.17, 15) is 4.79 Å². The van der Waals surface area contributed by atoms with Gasteiger partial charge in [0, 0.05) is 43.2 Å². The summed E-state index contributed by atoms with van der Waals surface area (Å²) in [5, 5.41) is 5.00. The molecule has 1 aromatic carbocycles. The first-order valence-electron chi connectivity index (χ1n) is 9.31. The van der Waals surface area contributed by atoms with Crippen LogP contribution in [-0.4, -0.2) is 54.0 Å². The highest BCUT2D eigenvalue weighted by Gasteiger charge is 2.26. The molecular formula is C21H23N3O2S2. The van der Waals surface area contributed by atoms with Gasteiger partial charge >= 0.3 is 0 Å². The monoisotopic (exact) mass is 413 g/mol. The Hall–Kier alpha value is -2.22. The van der Waals surface area contributed by atoms with Crippen molar-refractivity contribution in [2.75, 3.05) is 33.3 Å². The first-order chi connectivity index (χ1) is 13.7. The van der Waals surface area contributed by atoms with E-state index in [0.29, 0.717) is 6.04 Å². The Labute approximate surface area is 173 Å². The lowest BCUT2D eigenvalue weighted by molar-refractivity contribution is 0.0586. The molecule has 1 saturated heterocycles. The van der Waals surface area contributed by atoms with Gasteiger partial charge in [0.1, 0.15) is 15.6 Å². The molecule has 3 aromatic rings. The average molecular weight is 414 g/mol. The number of hydrogen-bond acceptors (Lipinski definition) is 6. The Balaban J connectivity index is 1.37. The van der Waals surface area contributed by atoms with Crippen LogP contribution in [0.4, 0.5) is 0 Å². The topological polar surface area (TPSA) is 45.7 Å². The first kappa shape index (κ1) is 19.1. The number of aromatic nitrogens is 1. The maximum atomic E-state index is 12.9. The maximum Gasteiger partial charge on any atom is 0.265 e. The van der Waals surface area contributed by atoms with Gasteiger partial charge in [-0.2, -0.15) is 11.3 Å². The van der Waals surface area contributed by atoms with Crippen LogP contribution in [0.2, 0.25) is 0 Å². The second kappa shape index (κ2) is 8.43. The third-order valence-corrected chi connectivity index (χ3v) is 6.93. The van der Waals surface area contributed by atoms with Gasteiger partial charge in [0.25, 0.3) is 5.91 Å². The molecule has 146 valence electrons. The van der Waals surface area contributed by atoms with E-state index < -0.39 is 0 Å². The van der Waals surface area contributed by atoms with E-state index in [4.69, 9.17) is 4.74 Å². The summed E-state index contributed by atoms with van der Waals surface area (Å²) in [6, 6.07) is 10.5. The molecule has 0 saturated carbocycles. The highest BCUT2D eigenvalue weighted by atomic mass is 32.1. The van der Waals surface area contributed by atoms with Crippen LogP contribution < -0.4 is 4.74 Å². The third kappa shape index (κ3) is 3.97. The number of carbonyl (C=O) groups excluding carboxylic acids is 1. The summed E-state index contributed by atoms with van der Waals surface area (Å²) >= 11 is 3.12. The van der Waals surface area contributed by atoms with Crippen LogP contribution >= 0.6 is 22.7 Å². The highest BCUT2D eigenvalue weighted by molar-refractivity contribution is 7.17. The van der Waals surface area contributed by atoms with E-state index in [2.05, 4.69) is 34.3 Å². The number of amides is 1. The molecule has 2 aromatic heterocycles. The molecule has 0 bridgehead atoms. The van der Waals surface area contributed by atoms with Crippen LogP contribution in [0.15, 0.2) is 47.3 Å². The molecule has 1 aliphatic heterocycles. The minimum Gasteiger partial charge on any atom is -0.497 e. The largest absolute Gasteiger partial charge is 0.497 e. The van der Waals surface area contributed by atoms with Gasteiger partial charge < -0.3 is 9.64 Å². The van der Waals surface area contributed by atoms with E-state index in [1.54, 1.807) is 24.6 Å². The molecule has 1 amide bonds. The second-order valence-corrected chi connectivity index (χ2v) is 8.63. The quantitative estimate of drug-likeness (QED) is 0.622. The van der Waals surface area contributed by atoms with Gasteiger partial charge in [0.2, 0.25) is 0 Å². The molecule has 4 rings (SSSR count). The molecule has 1 unspecified atom stereocenters. The fourth-order valence-corrected chi connectivity index (χ4v) is 5.07. The van der Waals surface area contributed by atoms with E-state index in [1.165, 1.54) is 16.9 Å². The lowest BCUT2D eigenvalue weighted by Crippen LogP contribution is -2.49. The molecule has 1 fully saturated rings. The Morgan fingerprint density at radius 1 is 1.21 bits per heavy atom. The molecule has 5 nitrogen and oxygen atoms in total. The summed E-state index contributed by atoms with van der Waals surface area (Å²) in [5.74, 6) is 0.970. The summed E-state index contributed by atoms with van der Waals surface area (Å²) in [7, 11) is 1.69. The van der Waals surface area contributed by atoms with Crippen LogP contribution in [0, 0.1) is 0 Å². The molecule has 1 aliphatic rings. The summed E-state index contributed by atoms with van der Waals surface area (Å²) in [6.45, 7) is 5.40. The van der Waals surface area contributed by atoms with Crippen molar-refractivity contribution in [3.8, 4) is 16.3 Å². The van der Waals surface area contributed by atoms with Gasteiger partial charge in [-0.1, -0.05) is 12.1 Å². The van der Waals surface area contributed by atoms with Gasteiger partial charge in [-0.05, 0) is 36.1 Å². The number of nitrogens with zero attached hydrogens (tertiary/aromatic N) is 3. The van der Waals surface area contributed by atoms with Crippen molar-refractivity contribution in [2.45, 2.75) is 13.0 Å². The summed E-state index contributed by atoms with van der Waals surface area (Å²) in [4.78, 5) is 22.4. The molecular weight excluding hydrogens is 390 g/mol. The van der Waals surface area contributed by atoms with Crippen molar-refractivity contribution in [3.05, 3.63) is 57.7 Å². The zero-order chi connectivity index (χ0) is 19.5. The zero-order valence-corrected chi connectivity index (χ0v) is 17.6. The predicted octanol–water partition coefficient (Wildman–Crippen LogP) is 4.40. The van der Waals surface area contributed by atoms with Crippen molar-refractivity contribution in [1.29, 1.82) is 0 Å². The lowest BCUT2D eigenvalue weighted by atomic mass is 10.1. The standard InChI is InChI=1S/C21H23N3O2S2/c1-15(16-4-3-5-18(12-16)26-2)23-7-9-24(10-8-23)21(25)19-13-22-20(28-19)17-6-11-27-14-17/h3-6,11-15H,7-10H2,1-2H3. The number of thiazole rings is 1. The number of ether oxygens (including phenoxy) is 1. The van der Waals surface area contributed by atoms with Crippen molar-refractivity contribution in [1.82, 2.24) is 14.8 Å². The van der Waals surface area contributed by atoms with Gasteiger partial charge in [0.15, 0.2) is 0 Å². The summed E-state index contributed by atoms with van der Waals surface area (Å²) < 4.78 is 5.34. The van der Waals surface area contributed by atoms with Crippen LogP contribution in [0.25, 0.3) is 10.6 Å². The summed E-state index contributed by atoms with van der Waals surface area (Å²) in [6.07, 6.45) is 1.71. The van der Waals surface area contributed by atoms with E-state index >= 15 is 0 Å². The normalized spacial score (nSPS) is 16.1. The van der Waals surface area contributed by atoms with E-state index in [-0.39, 0.29) is 5.91 Å². The van der Waals surface area contributed by atoms with Crippen LogP contribution in [-0.2, 0) is 0 Å². The zero-order valence-electron chi connectivity index (χ0n) is 16.0. The highest BCUT2D eigenvalue weighted by Crippen LogP contribution is 2.29. The Morgan fingerprint density at radius 3 is 2.75 bits per heavy atom. The first-order valence-corrected chi connectivity index (χ1v) is 11.1. The summed E-state index contributed by atoms with van der Waals surface area (Å²) in [5.41, 5.74) is 2.33. The molecule has 3 heterocycles. The molecule has 7 heteroatoms. The molecule has 0 N–H and O–H groups in total. The van der Waals surface area contributed by atoms with Gasteiger partial charge in [-0.15, -0.1) is 11.3 Å². The molecule has 1 atom stereocenters. The number of piperazine rings is 1. The van der Waals surface area contributed by atoms with Crippen LogP contribution in [0.1, 0.15) is 28.2 Å². The number of benzene rings is 1. The Kier molecular flexibility index (Phi) is 5.75. The number of rotatable bonds is 5. The average Bonchev–Trinajstić information content (AvgIpc) is 3.44. The Bertz CT molecular complexity index is 931. The molecule has 0 radical (unpaired) electrons. The van der Waals surface area contributed by atoms with Gasteiger partial charge in [0.05, 0.1) is 13.3 Å². The smallest absolute Gasteiger partial charge is 0.265 e. The maximum absolute atomic E-state index is 12.9. The fraction of sp³-hybridized carbons (Fsp3) is 0.333. The van der Waals surface area contributed by atoms with Crippen LogP contribution in [0.5, 0.6) is 5.75 Å². The number of carbonyl (C=O) groups is 1. The van der Waals surface area contributed by atoms with Crippen molar-refractivity contribution in [2.24, 2.45) is 0 Å². The Morgan fingerprint density at radius 2 is 2.04 bits per heavy atom. The predicted molar refractivity (Wildman–Crippen MR) is 114 cm³/mol. The van der Waals surface area contributed by atoms with Crippen LogP contribution in [0.3, 0.4) is 0 Å². The number of hydrogen-bond donors (Lipinski definition) is 0. The molecule has 0 spiro atoms. The molecule has 0 aliphatic carbocycles. The number of methoxy groups -OCH3 is 1.